The number of benzene rings is 2. The van der Waals surface area contributed by atoms with E-state index in [0.29, 0.717) is 0 Å². The van der Waals surface area contributed by atoms with Crippen molar-refractivity contribution >= 4 is 11.6 Å². The summed E-state index contributed by atoms with van der Waals surface area (Å²) in [6, 6.07) is 16.5. The van der Waals surface area contributed by atoms with Crippen LogP contribution in [0.5, 0.6) is 0 Å². The molecule has 0 bridgehead atoms. The molecule has 0 aliphatic carbocycles. The summed E-state index contributed by atoms with van der Waals surface area (Å²) in [5, 5.41) is 3.01. The largest absolute Gasteiger partial charge is 0.348 e. The third-order valence-corrected chi connectivity index (χ3v) is 5.46. The van der Waals surface area contributed by atoms with Crippen LogP contribution in [0.1, 0.15) is 28.4 Å². The predicted octanol–water partition coefficient (Wildman–Crippen LogP) is 4.29. The Morgan fingerprint density at radius 1 is 1.07 bits per heavy atom. The van der Waals surface area contributed by atoms with Crippen molar-refractivity contribution in [2.45, 2.75) is 26.4 Å². The Labute approximate surface area is 164 Å². The minimum Gasteiger partial charge on any atom is -0.348 e. The van der Waals surface area contributed by atoms with Gasteiger partial charge in [0.1, 0.15) is 5.82 Å². The lowest BCUT2D eigenvalue weighted by molar-refractivity contribution is -0.117. The van der Waals surface area contributed by atoms with Crippen molar-refractivity contribution in [3.05, 3.63) is 89.0 Å². The number of aromatic nitrogens is 1. The second kappa shape index (κ2) is 7.60. The van der Waals surface area contributed by atoms with Crippen LogP contribution >= 0.6 is 0 Å². The zero-order chi connectivity index (χ0) is 19.7. The number of anilines is 1. The first kappa shape index (κ1) is 18.4. The van der Waals surface area contributed by atoms with Crippen molar-refractivity contribution in [2.24, 2.45) is 0 Å². The molecule has 0 saturated carbocycles. The van der Waals surface area contributed by atoms with Crippen LogP contribution < -0.4 is 5.32 Å². The molecule has 1 atom stereocenters. The first-order valence-electron chi connectivity index (χ1n) is 9.53. The molecule has 0 saturated heterocycles. The van der Waals surface area contributed by atoms with Gasteiger partial charge in [0.05, 0.1) is 12.6 Å². The first-order chi connectivity index (χ1) is 13.5. The van der Waals surface area contributed by atoms with Crippen LogP contribution in [0.4, 0.5) is 10.1 Å². The lowest BCUT2D eigenvalue weighted by atomic mass is 10.00. The number of aryl methyl sites for hydroxylation is 2. The molecule has 1 aliphatic heterocycles. The summed E-state index contributed by atoms with van der Waals surface area (Å²) < 4.78 is 15.6. The minimum absolute atomic E-state index is 0.0460. The highest BCUT2D eigenvalue weighted by atomic mass is 19.1. The van der Waals surface area contributed by atoms with Gasteiger partial charge < -0.3 is 9.88 Å². The van der Waals surface area contributed by atoms with E-state index in [9.17, 15) is 9.18 Å². The minimum atomic E-state index is -0.256. The maximum absolute atomic E-state index is 13.4. The van der Waals surface area contributed by atoms with E-state index in [2.05, 4.69) is 34.0 Å². The summed E-state index contributed by atoms with van der Waals surface area (Å²) >= 11 is 0. The summed E-state index contributed by atoms with van der Waals surface area (Å²) in [4.78, 5) is 14.9. The van der Waals surface area contributed by atoms with E-state index >= 15 is 0 Å². The van der Waals surface area contributed by atoms with Crippen molar-refractivity contribution in [3.63, 3.8) is 0 Å². The van der Waals surface area contributed by atoms with Gasteiger partial charge in [-0.25, -0.2) is 4.39 Å². The summed E-state index contributed by atoms with van der Waals surface area (Å²) in [5.74, 6) is -0.302. The summed E-state index contributed by atoms with van der Waals surface area (Å²) in [6.07, 6.45) is 2.05. The fourth-order valence-corrected chi connectivity index (χ4v) is 3.83. The van der Waals surface area contributed by atoms with E-state index in [4.69, 9.17) is 0 Å². The highest BCUT2D eigenvalue weighted by molar-refractivity contribution is 5.92. The number of rotatable bonds is 4. The van der Waals surface area contributed by atoms with Gasteiger partial charge in [-0.3, -0.25) is 9.69 Å². The SMILES string of the molecule is Cc1ccc(NC(=O)CN2CCn3cccc3[C@H]2c2ccc(F)cc2)cc1C. The Hall–Kier alpha value is -2.92. The number of halogens is 1. The van der Waals surface area contributed by atoms with Gasteiger partial charge >= 0.3 is 0 Å². The highest BCUT2D eigenvalue weighted by Gasteiger charge is 2.30. The number of carbonyl (C=O) groups excluding carboxylic acids is 1. The highest BCUT2D eigenvalue weighted by Crippen LogP contribution is 2.32. The molecule has 0 unspecified atom stereocenters. The van der Waals surface area contributed by atoms with Crippen LogP contribution in [0, 0.1) is 19.7 Å². The van der Waals surface area contributed by atoms with E-state index in [0.717, 1.165) is 35.6 Å². The van der Waals surface area contributed by atoms with Crippen LogP contribution in [-0.4, -0.2) is 28.5 Å². The fraction of sp³-hybridized carbons (Fsp3) is 0.261. The number of hydrogen-bond acceptors (Lipinski definition) is 2. The number of nitrogens with zero attached hydrogens (tertiary/aromatic N) is 2. The monoisotopic (exact) mass is 377 g/mol. The van der Waals surface area contributed by atoms with Gasteiger partial charge in [-0.05, 0) is 66.9 Å². The summed E-state index contributed by atoms with van der Waals surface area (Å²) in [7, 11) is 0. The number of hydrogen-bond donors (Lipinski definition) is 1. The van der Waals surface area contributed by atoms with Crippen molar-refractivity contribution in [1.29, 1.82) is 0 Å². The molecule has 0 fully saturated rings. The normalized spacial score (nSPS) is 16.6. The fourth-order valence-electron chi connectivity index (χ4n) is 3.83. The van der Waals surface area contributed by atoms with Crippen LogP contribution in [0.2, 0.25) is 0 Å². The van der Waals surface area contributed by atoms with Crippen molar-refractivity contribution in [3.8, 4) is 0 Å². The van der Waals surface area contributed by atoms with E-state index in [-0.39, 0.29) is 24.3 Å². The molecule has 4 nitrogen and oxygen atoms in total. The quantitative estimate of drug-likeness (QED) is 0.737. The molecular formula is C23H24FN3O. The van der Waals surface area contributed by atoms with Gasteiger partial charge in [-0.1, -0.05) is 18.2 Å². The molecule has 4 rings (SSSR count). The van der Waals surface area contributed by atoms with Crippen LogP contribution in [0.15, 0.2) is 60.8 Å². The van der Waals surface area contributed by atoms with E-state index in [1.165, 1.54) is 17.7 Å². The Morgan fingerprint density at radius 3 is 2.61 bits per heavy atom. The van der Waals surface area contributed by atoms with E-state index < -0.39 is 0 Å². The van der Waals surface area contributed by atoms with Gasteiger partial charge in [0.2, 0.25) is 5.91 Å². The lowest BCUT2D eigenvalue weighted by Gasteiger charge is -2.36. The number of nitrogens with one attached hydrogen (secondary N) is 1. The molecule has 144 valence electrons. The molecule has 2 aromatic carbocycles. The second-order valence-corrected chi connectivity index (χ2v) is 7.40. The summed E-state index contributed by atoms with van der Waals surface area (Å²) in [6.45, 7) is 5.95. The van der Waals surface area contributed by atoms with Gasteiger partial charge in [-0.2, -0.15) is 0 Å². The van der Waals surface area contributed by atoms with Crippen LogP contribution in [-0.2, 0) is 11.3 Å². The lowest BCUT2D eigenvalue weighted by Crippen LogP contribution is -2.42. The van der Waals surface area contributed by atoms with Gasteiger partial charge in [-0.15, -0.1) is 0 Å². The Balaban J connectivity index is 1.56. The molecule has 1 N–H and O–H groups in total. The Kier molecular flexibility index (Phi) is 5.01. The van der Waals surface area contributed by atoms with Crippen molar-refractivity contribution < 1.29 is 9.18 Å². The maximum Gasteiger partial charge on any atom is 0.238 e. The molecule has 3 aromatic rings. The average molecular weight is 377 g/mol. The predicted molar refractivity (Wildman–Crippen MR) is 109 cm³/mol. The maximum atomic E-state index is 13.4. The second-order valence-electron chi connectivity index (χ2n) is 7.40. The van der Waals surface area contributed by atoms with Crippen LogP contribution in [0.3, 0.4) is 0 Å². The van der Waals surface area contributed by atoms with E-state index in [1.54, 1.807) is 12.1 Å². The Morgan fingerprint density at radius 2 is 1.86 bits per heavy atom. The topological polar surface area (TPSA) is 37.3 Å². The molecule has 28 heavy (non-hydrogen) atoms. The average Bonchev–Trinajstić information content (AvgIpc) is 3.14. The number of carbonyl (C=O) groups is 1. The standard InChI is InChI=1S/C23H24FN3O/c1-16-5-10-20(14-17(16)2)25-22(28)15-27-13-12-26-11-3-4-21(26)23(27)18-6-8-19(24)9-7-18/h3-11,14,23H,12-13,15H2,1-2H3,(H,25,28)/t23-/m1/s1. The molecule has 5 heteroatoms. The molecule has 1 aromatic heterocycles. The molecule has 1 aliphatic rings. The molecular weight excluding hydrogens is 353 g/mol. The van der Waals surface area contributed by atoms with Crippen molar-refractivity contribution in [2.75, 3.05) is 18.4 Å². The molecule has 1 amide bonds. The molecule has 0 spiro atoms. The van der Waals surface area contributed by atoms with Gasteiger partial charge in [0, 0.05) is 30.7 Å². The first-order valence-corrected chi connectivity index (χ1v) is 9.53. The molecule has 0 radical (unpaired) electrons. The zero-order valence-corrected chi connectivity index (χ0v) is 16.2. The zero-order valence-electron chi connectivity index (χ0n) is 16.2. The molecule has 2 heterocycles. The van der Waals surface area contributed by atoms with Gasteiger partial charge in [0.25, 0.3) is 0 Å². The van der Waals surface area contributed by atoms with Gasteiger partial charge in [0.15, 0.2) is 0 Å². The summed E-state index contributed by atoms with van der Waals surface area (Å²) in [5.41, 5.74) is 5.27. The third-order valence-electron chi connectivity index (χ3n) is 5.46. The Bertz CT molecular complexity index is 993. The van der Waals surface area contributed by atoms with Crippen molar-refractivity contribution in [1.82, 2.24) is 9.47 Å². The number of fused-ring (bicyclic) bond motifs is 1. The van der Waals surface area contributed by atoms with Crippen LogP contribution in [0.25, 0.3) is 0 Å². The number of amides is 1. The smallest absolute Gasteiger partial charge is 0.238 e. The third kappa shape index (κ3) is 3.71. The van der Waals surface area contributed by atoms with E-state index in [1.807, 2.05) is 31.2 Å².